The molecule has 0 unspecified atom stereocenters. The van der Waals surface area contributed by atoms with Gasteiger partial charge in [-0.25, -0.2) is 0 Å². The molecule has 0 aliphatic heterocycles. The third kappa shape index (κ3) is 4.88. The fraction of sp³-hybridized carbons (Fsp3) is 0.571. The Morgan fingerprint density at radius 1 is 1.39 bits per heavy atom. The molecule has 2 N–H and O–H groups in total. The highest BCUT2D eigenvalue weighted by Gasteiger charge is 2.19. The molecule has 0 saturated carbocycles. The van der Waals surface area contributed by atoms with Crippen molar-refractivity contribution < 1.29 is 0 Å². The predicted octanol–water partition coefficient (Wildman–Crippen LogP) is 3.91. The van der Waals surface area contributed by atoms with Crippen LogP contribution in [0.25, 0.3) is 0 Å². The number of nitrogens with zero attached hydrogens (tertiary/aromatic N) is 1. The van der Waals surface area contributed by atoms with E-state index in [0.29, 0.717) is 6.54 Å². The van der Waals surface area contributed by atoms with Crippen molar-refractivity contribution in [3.8, 4) is 0 Å². The van der Waals surface area contributed by atoms with Crippen LogP contribution in [0.2, 0.25) is 5.02 Å². The Morgan fingerprint density at radius 2 is 2.06 bits per heavy atom. The Balaban J connectivity index is 2.71. The lowest BCUT2D eigenvalue weighted by Crippen LogP contribution is -2.38. The Kier molecular flexibility index (Phi) is 6.12. The Bertz CT molecular complexity index is 393. The third-order valence-corrected chi connectivity index (χ3v) is 4.27. The van der Waals surface area contributed by atoms with E-state index in [1.54, 1.807) is 0 Å². The summed E-state index contributed by atoms with van der Waals surface area (Å²) in [4.78, 5) is 2.40. The van der Waals surface area contributed by atoms with Gasteiger partial charge in [-0.3, -0.25) is 4.90 Å². The van der Waals surface area contributed by atoms with Crippen LogP contribution in [0, 0.1) is 5.41 Å². The van der Waals surface area contributed by atoms with Gasteiger partial charge in [-0.15, -0.1) is 0 Å². The van der Waals surface area contributed by atoms with E-state index < -0.39 is 0 Å². The first-order chi connectivity index (χ1) is 8.38. The fourth-order valence-electron chi connectivity index (χ4n) is 1.85. The molecule has 102 valence electrons. The van der Waals surface area contributed by atoms with Gasteiger partial charge in [-0.1, -0.05) is 38.4 Å². The van der Waals surface area contributed by atoms with Crippen molar-refractivity contribution >= 4 is 27.5 Å². The number of hydrogen-bond acceptors (Lipinski definition) is 2. The highest BCUT2D eigenvalue weighted by atomic mass is 79.9. The minimum Gasteiger partial charge on any atom is -0.330 e. The molecule has 0 atom stereocenters. The van der Waals surface area contributed by atoms with E-state index >= 15 is 0 Å². The maximum absolute atomic E-state index is 6.12. The van der Waals surface area contributed by atoms with E-state index in [1.165, 1.54) is 5.56 Å². The molecule has 4 heteroatoms. The maximum Gasteiger partial charge on any atom is 0.0551 e. The van der Waals surface area contributed by atoms with Gasteiger partial charge in [-0.05, 0) is 52.1 Å². The number of benzene rings is 1. The monoisotopic (exact) mass is 332 g/mol. The summed E-state index contributed by atoms with van der Waals surface area (Å²) in [7, 11) is 0. The van der Waals surface area contributed by atoms with Crippen LogP contribution < -0.4 is 5.73 Å². The van der Waals surface area contributed by atoms with Crippen molar-refractivity contribution in [2.24, 2.45) is 11.1 Å². The van der Waals surface area contributed by atoms with Crippen LogP contribution in [0.3, 0.4) is 0 Å². The third-order valence-electron chi connectivity index (χ3n) is 3.04. The standard InChI is InChI=1S/C14H22BrClN2/c1-4-18(10-14(2,3)9-17)8-11-5-6-12(15)13(16)7-11/h5-7H,4,8-10,17H2,1-3H3. The van der Waals surface area contributed by atoms with Crippen molar-refractivity contribution in [3.05, 3.63) is 33.3 Å². The SMILES string of the molecule is CCN(Cc1ccc(Br)c(Cl)c1)CC(C)(C)CN. The van der Waals surface area contributed by atoms with Gasteiger partial charge in [0.2, 0.25) is 0 Å². The Hall–Kier alpha value is -0.0900. The summed E-state index contributed by atoms with van der Waals surface area (Å²) < 4.78 is 0.943. The van der Waals surface area contributed by atoms with Crippen molar-refractivity contribution in [1.82, 2.24) is 4.90 Å². The molecule has 0 saturated heterocycles. The molecule has 0 aliphatic carbocycles. The number of nitrogens with two attached hydrogens (primary N) is 1. The van der Waals surface area contributed by atoms with Gasteiger partial charge in [0, 0.05) is 17.6 Å². The molecule has 0 radical (unpaired) electrons. The van der Waals surface area contributed by atoms with Crippen molar-refractivity contribution in [2.45, 2.75) is 27.3 Å². The lowest BCUT2D eigenvalue weighted by molar-refractivity contribution is 0.183. The molecule has 18 heavy (non-hydrogen) atoms. The largest absolute Gasteiger partial charge is 0.330 e. The summed E-state index contributed by atoms with van der Waals surface area (Å²) >= 11 is 9.53. The Labute approximate surface area is 124 Å². The van der Waals surface area contributed by atoms with Gasteiger partial charge < -0.3 is 5.73 Å². The second-order valence-electron chi connectivity index (χ2n) is 5.42. The quantitative estimate of drug-likeness (QED) is 0.855. The van der Waals surface area contributed by atoms with E-state index in [0.717, 1.165) is 29.1 Å². The number of halogens is 2. The summed E-state index contributed by atoms with van der Waals surface area (Å²) in [6, 6.07) is 6.12. The minimum absolute atomic E-state index is 0.148. The van der Waals surface area contributed by atoms with Crippen LogP contribution in [0.4, 0.5) is 0 Å². The molecule has 2 nitrogen and oxygen atoms in total. The summed E-state index contributed by atoms with van der Waals surface area (Å²) in [5, 5.41) is 0.765. The van der Waals surface area contributed by atoms with E-state index in [9.17, 15) is 0 Å². The molecule has 1 aromatic rings. The van der Waals surface area contributed by atoms with Crippen LogP contribution >= 0.6 is 27.5 Å². The zero-order valence-electron chi connectivity index (χ0n) is 11.3. The summed E-state index contributed by atoms with van der Waals surface area (Å²) in [6.07, 6.45) is 0. The van der Waals surface area contributed by atoms with E-state index in [2.05, 4.69) is 47.7 Å². The molecule has 1 aromatic carbocycles. The van der Waals surface area contributed by atoms with Gasteiger partial charge in [0.1, 0.15) is 0 Å². The smallest absolute Gasteiger partial charge is 0.0551 e. The maximum atomic E-state index is 6.12. The normalized spacial score (nSPS) is 12.2. The van der Waals surface area contributed by atoms with Crippen LogP contribution in [-0.4, -0.2) is 24.5 Å². The number of rotatable bonds is 6. The molecular formula is C14H22BrClN2. The molecule has 0 bridgehead atoms. The highest BCUT2D eigenvalue weighted by Crippen LogP contribution is 2.24. The average Bonchev–Trinajstić information content (AvgIpc) is 2.33. The first-order valence-corrected chi connectivity index (χ1v) is 7.41. The lowest BCUT2D eigenvalue weighted by Gasteiger charge is -2.31. The minimum atomic E-state index is 0.148. The molecule has 0 aromatic heterocycles. The van der Waals surface area contributed by atoms with Gasteiger partial charge >= 0.3 is 0 Å². The topological polar surface area (TPSA) is 29.3 Å². The highest BCUT2D eigenvalue weighted by molar-refractivity contribution is 9.10. The van der Waals surface area contributed by atoms with Crippen LogP contribution in [0.1, 0.15) is 26.3 Å². The van der Waals surface area contributed by atoms with E-state index in [4.69, 9.17) is 17.3 Å². The molecule has 0 fully saturated rings. The molecule has 0 spiro atoms. The summed E-state index contributed by atoms with van der Waals surface area (Å²) in [5.74, 6) is 0. The second kappa shape index (κ2) is 6.90. The molecule has 0 aliphatic rings. The van der Waals surface area contributed by atoms with E-state index in [1.807, 2.05) is 12.1 Å². The van der Waals surface area contributed by atoms with Gasteiger partial charge in [0.15, 0.2) is 0 Å². The van der Waals surface area contributed by atoms with E-state index in [-0.39, 0.29) is 5.41 Å². The predicted molar refractivity (Wildman–Crippen MR) is 82.9 cm³/mol. The van der Waals surface area contributed by atoms with Crippen LogP contribution in [0.5, 0.6) is 0 Å². The molecule has 1 rings (SSSR count). The van der Waals surface area contributed by atoms with Crippen molar-refractivity contribution in [1.29, 1.82) is 0 Å². The summed E-state index contributed by atoms with van der Waals surface area (Å²) in [5.41, 5.74) is 7.17. The molecule has 0 amide bonds. The first kappa shape index (κ1) is 16.0. The average molecular weight is 334 g/mol. The first-order valence-electron chi connectivity index (χ1n) is 6.24. The number of hydrogen-bond donors (Lipinski definition) is 1. The van der Waals surface area contributed by atoms with Gasteiger partial charge in [0.25, 0.3) is 0 Å². The fourth-order valence-corrected chi connectivity index (χ4v) is 2.30. The van der Waals surface area contributed by atoms with Gasteiger partial charge in [-0.2, -0.15) is 0 Å². The van der Waals surface area contributed by atoms with Gasteiger partial charge in [0.05, 0.1) is 5.02 Å². The second-order valence-corrected chi connectivity index (χ2v) is 6.68. The van der Waals surface area contributed by atoms with Crippen molar-refractivity contribution in [2.75, 3.05) is 19.6 Å². The Morgan fingerprint density at radius 3 is 2.56 bits per heavy atom. The zero-order chi connectivity index (χ0) is 13.8. The van der Waals surface area contributed by atoms with Crippen LogP contribution in [0.15, 0.2) is 22.7 Å². The lowest BCUT2D eigenvalue weighted by atomic mass is 9.93. The molecular weight excluding hydrogens is 312 g/mol. The zero-order valence-corrected chi connectivity index (χ0v) is 13.7. The molecule has 0 heterocycles. The van der Waals surface area contributed by atoms with Crippen LogP contribution in [-0.2, 0) is 6.54 Å². The van der Waals surface area contributed by atoms with Crippen molar-refractivity contribution in [3.63, 3.8) is 0 Å². The summed E-state index contributed by atoms with van der Waals surface area (Å²) in [6.45, 7) is 10.2.